The Labute approximate surface area is 231 Å². The second-order valence-corrected chi connectivity index (χ2v) is 11.9. The Morgan fingerprint density at radius 3 is 2.40 bits per heavy atom. The van der Waals surface area contributed by atoms with Crippen LogP contribution in [0, 0.1) is 17.0 Å². The summed E-state index contributed by atoms with van der Waals surface area (Å²) in [6.07, 6.45) is -1.70. The number of anilines is 1. The number of non-ortho nitro benzene ring substituents is 1. The average Bonchev–Trinajstić information content (AvgIpc) is 2.98. The number of ether oxygens (including phenoxy) is 1. The zero-order valence-electron chi connectivity index (χ0n) is 22.3. The number of nitrogens with one attached hydrogen (secondary N) is 1. The molecule has 1 unspecified atom stereocenters. The molecule has 0 bridgehead atoms. The first kappa shape index (κ1) is 28.6. The van der Waals surface area contributed by atoms with Crippen LogP contribution in [0.25, 0.3) is 0 Å². The normalized spacial score (nSPS) is 15.6. The van der Waals surface area contributed by atoms with Gasteiger partial charge in [-0.15, -0.1) is 0 Å². The molecule has 0 fully saturated rings. The Bertz CT molecular complexity index is 1610. The molecule has 0 radical (unpaired) electrons. The number of nitro benzene ring substituents is 1. The smallest absolute Gasteiger partial charge is 0.326 e. The van der Waals surface area contributed by atoms with Gasteiger partial charge in [-0.2, -0.15) is 4.72 Å². The Kier molecular flexibility index (Phi) is 7.85. The molecule has 40 heavy (non-hydrogen) atoms. The molecule has 1 amide bonds. The predicted molar refractivity (Wildman–Crippen MR) is 149 cm³/mol. The molecule has 0 aromatic heterocycles. The number of benzene rings is 3. The highest BCUT2D eigenvalue weighted by atomic mass is 32.2. The standard InChI is InChI=1S/C28H28N4O7S/c1-18-12-14-21(15-13-18)40(37,38)30-26-27(34)31(17-24(33)39-28(2,3)4)23-11-6-5-10-22(23)25(29-26)19-8-7-9-20(16-19)32(35)36/h5-16,26,30H,17H2,1-4H3. The summed E-state index contributed by atoms with van der Waals surface area (Å²) in [4.78, 5) is 43.2. The highest BCUT2D eigenvalue weighted by Crippen LogP contribution is 2.30. The SMILES string of the molecule is Cc1ccc(S(=O)(=O)NC2N=C(c3cccc([N+](=O)[O-])c3)c3ccccc3N(CC(=O)OC(C)(C)C)C2=O)cc1. The molecule has 1 aliphatic heterocycles. The molecule has 1 aliphatic rings. The molecule has 4 rings (SSSR count). The van der Waals surface area contributed by atoms with E-state index in [-0.39, 0.29) is 27.5 Å². The Morgan fingerprint density at radius 1 is 1.07 bits per heavy atom. The van der Waals surface area contributed by atoms with Crippen LogP contribution in [0.5, 0.6) is 0 Å². The number of hydrogen-bond acceptors (Lipinski definition) is 8. The molecule has 0 aliphatic carbocycles. The second-order valence-electron chi connectivity index (χ2n) is 10.1. The monoisotopic (exact) mass is 564 g/mol. The van der Waals surface area contributed by atoms with Crippen LogP contribution in [-0.4, -0.2) is 49.2 Å². The van der Waals surface area contributed by atoms with E-state index in [9.17, 15) is 28.1 Å². The van der Waals surface area contributed by atoms with E-state index in [0.29, 0.717) is 5.56 Å². The van der Waals surface area contributed by atoms with E-state index in [1.165, 1.54) is 30.3 Å². The maximum absolute atomic E-state index is 13.9. The summed E-state index contributed by atoms with van der Waals surface area (Å²) >= 11 is 0. The van der Waals surface area contributed by atoms with Crippen molar-refractivity contribution >= 4 is 39.0 Å². The summed E-state index contributed by atoms with van der Waals surface area (Å²) < 4.78 is 34.4. The minimum absolute atomic E-state index is 0.0848. The Morgan fingerprint density at radius 2 is 1.75 bits per heavy atom. The third-order valence-corrected chi connectivity index (χ3v) is 7.27. The number of fused-ring (bicyclic) bond motifs is 1. The molecule has 11 nitrogen and oxygen atoms in total. The van der Waals surface area contributed by atoms with Crippen molar-refractivity contribution in [2.75, 3.05) is 11.4 Å². The lowest BCUT2D eigenvalue weighted by Gasteiger charge is -2.27. The Balaban J connectivity index is 1.87. The molecule has 1 atom stereocenters. The first-order valence-corrected chi connectivity index (χ1v) is 13.8. The van der Waals surface area contributed by atoms with Gasteiger partial charge < -0.3 is 4.74 Å². The van der Waals surface area contributed by atoms with Crippen molar-refractivity contribution in [3.8, 4) is 0 Å². The fraction of sp³-hybridized carbons (Fsp3) is 0.250. The van der Waals surface area contributed by atoms with Gasteiger partial charge in [-0.3, -0.25) is 29.6 Å². The maximum atomic E-state index is 13.9. The number of aliphatic imine (C=N–C) groups is 1. The summed E-state index contributed by atoms with van der Waals surface area (Å²) in [6.45, 7) is 6.34. The van der Waals surface area contributed by atoms with E-state index in [1.807, 2.05) is 0 Å². The van der Waals surface area contributed by atoms with E-state index in [1.54, 1.807) is 70.2 Å². The molecule has 208 valence electrons. The quantitative estimate of drug-likeness (QED) is 0.261. The molecular formula is C28H28N4O7S. The number of amides is 1. The van der Waals surface area contributed by atoms with E-state index in [2.05, 4.69) is 9.71 Å². The first-order chi connectivity index (χ1) is 18.7. The molecule has 1 N–H and O–H groups in total. The highest BCUT2D eigenvalue weighted by Gasteiger charge is 2.36. The van der Waals surface area contributed by atoms with Crippen LogP contribution < -0.4 is 9.62 Å². The van der Waals surface area contributed by atoms with Crippen molar-refractivity contribution in [2.45, 2.75) is 44.4 Å². The van der Waals surface area contributed by atoms with Gasteiger partial charge in [0.1, 0.15) is 12.1 Å². The summed E-state index contributed by atoms with van der Waals surface area (Å²) in [5, 5.41) is 11.5. The minimum Gasteiger partial charge on any atom is -0.459 e. The number of para-hydroxylation sites is 1. The minimum atomic E-state index is -4.25. The molecule has 0 spiro atoms. The number of sulfonamides is 1. The molecule has 1 heterocycles. The van der Waals surface area contributed by atoms with Gasteiger partial charge in [0, 0.05) is 23.3 Å². The van der Waals surface area contributed by atoms with Crippen molar-refractivity contribution in [3.63, 3.8) is 0 Å². The van der Waals surface area contributed by atoms with Gasteiger partial charge in [0.15, 0.2) is 6.17 Å². The molecular weight excluding hydrogens is 536 g/mol. The van der Waals surface area contributed by atoms with Crippen LogP contribution in [0.1, 0.15) is 37.5 Å². The van der Waals surface area contributed by atoms with Crippen LogP contribution in [0.4, 0.5) is 11.4 Å². The zero-order valence-corrected chi connectivity index (χ0v) is 23.1. The lowest BCUT2D eigenvalue weighted by Crippen LogP contribution is -2.49. The van der Waals surface area contributed by atoms with Gasteiger partial charge in [0.25, 0.3) is 11.6 Å². The summed E-state index contributed by atoms with van der Waals surface area (Å²) in [5.74, 6) is -1.54. The average molecular weight is 565 g/mol. The van der Waals surface area contributed by atoms with Crippen LogP contribution in [0.15, 0.2) is 82.7 Å². The fourth-order valence-corrected chi connectivity index (χ4v) is 5.18. The lowest BCUT2D eigenvalue weighted by atomic mass is 9.99. The third-order valence-electron chi connectivity index (χ3n) is 5.84. The zero-order chi connectivity index (χ0) is 29.2. The number of carbonyl (C=O) groups excluding carboxylic acids is 2. The van der Waals surface area contributed by atoms with Crippen LogP contribution >= 0.6 is 0 Å². The van der Waals surface area contributed by atoms with Crippen molar-refractivity contribution in [2.24, 2.45) is 4.99 Å². The predicted octanol–water partition coefficient (Wildman–Crippen LogP) is 3.73. The van der Waals surface area contributed by atoms with Crippen molar-refractivity contribution in [3.05, 3.63) is 99.6 Å². The van der Waals surface area contributed by atoms with E-state index in [4.69, 9.17) is 4.74 Å². The largest absolute Gasteiger partial charge is 0.459 e. The summed E-state index contributed by atoms with van der Waals surface area (Å²) in [7, 11) is -4.25. The van der Waals surface area contributed by atoms with E-state index in [0.717, 1.165) is 10.5 Å². The van der Waals surface area contributed by atoms with Gasteiger partial charge >= 0.3 is 5.97 Å². The third kappa shape index (κ3) is 6.41. The van der Waals surface area contributed by atoms with Crippen LogP contribution in [0.3, 0.4) is 0 Å². The van der Waals surface area contributed by atoms with Gasteiger partial charge in [-0.05, 0) is 45.9 Å². The van der Waals surface area contributed by atoms with Gasteiger partial charge in [0.2, 0.25) is 10.0 Å². The van der Waals surface area contributed by atoms with E-state index >= 15 is 0 Å². The van der Waals surface area contributed by atoms with Crippen LogP contribution in [-0.2, 0) is 24.3 Å². The van der Waals surface area contributed by atoms with Gasteiger partial charge in [-0.1, -0.05) is 48.0 Å². The second kappa shape index (κ2) is 11.0. The summed E-state index contributed by atoms with van der Waals surface area (Å²) in [6, 6.07) is 18.2. The lowest BCUT2D eigenvalue weighted by molar-refractivity contribution is -0.384. The van der Waals surface area contributed by atoms with Crippen molar-refractivity contribution in [1.82, 2.24) is 4.72 Å². The fourth-order valence-electron chi connectivity index (χ4n) is 4.10. The van der Waals surface area contributed by atoms with Crippen molar-refractivity contribution < 1.29 is 27.7 Å². The number of hydrogen-bond donors (Lipinski definition) is 1. The summed E-state index contributed by atoms with van der Waals surface area (Å²) in [5.41, 5.74) is 0.856. The Hall–Kier alpha value is -4.42. The number of carbonyl (C=O) groups is 2. The molecule has 0 saturated heterocycles. The number of benzodiazepines with no additional fused rings is 1. The maximum Gasteiger partial charge on any atom is 0.326 e. The number of esters is 1. The molecule has 0 saturated carbocycles. The number of nitrogens with zero attached hydrogens (tertiary/aromatic N) is 3. The number of rotatable bonds is 7. The highest BCUT2D eigenvalue weighted by molar-refractivity contribution is 7.89. The molecule has 3 aromatic rings. The van der Waals surface area contributed by atoms with E-state index < -0.39 is 45.1 Å². The van der Waals surface area contributed by atoms with Gasteiger partial charge in [0.05, 0.1) is 21.2 Å². The number of nitro groups is 1. The number of aryl methyl sites for hydroxylation is 1. The topological polar surface area (TPSA) is 148 Å². The van der Waals surface area contributed by atoms with Gasteiger partial charge in [-0.25, -0.2) is 8.42 Å². The molecule has 3 aromatic carbocycles. The van der Waals surface area contributed by atoms with Crippen molar-refractivity contribution in [1.29, 1.82) is 0 Å². The van der Waals surface area contributed by atoms with Crippen LogP contribution in [0.2, 0.25) is 0 Å². The molecule has 12 heteroatoms. The first-order valence-electron chi connectivity index (χ1n) is 12.3.